The van der Waals surface area contributed by atoms with Gasteiger partial charge in [0.1, 0.15) is 5.82 Å². The van der Waals surface area contributed by atoms with Gasteiger partial charge >= 0.3 is 0 Å². The summed E-state index contributed by atoms with van der Waals surface area (Å²) in [4.78, 5) is 13.3. The highest BCUT2D eigenvalue weighted by molar-refractivity contribution is 6.28. The van der Waals surface area contributed by atoms with Crippen LogP contribution >= 0.6 is 11.6 Å². The summed E-state index contributed by atoms with van der Waals surface area (Å²) in [5.41, 5.74) is 3.42. The minimum Gasteiger partial charge on any atom is -0.361 e. The molecule has 0 aliphatic heterocycles. The molecule has 0 saturated carbocycles. The van der Waals surface area contributed by atoms with Crippen molar-refractivity contribution in [3.8, 4) is 0 Å². The third-order valence-corrected chi connectivity index (χ3v) is 3.40. The van der Waals surface area contributed by atoms with Gasteiger partial charge < -0.3 is 9.88 Å². The normalized spacial score (nSPS) is 10.9. The molecule has 0 aliphatic carbocycles. The highest BCUT2D eigenvalue weighted by atomic mass is 35.5. The van der Waals surface area contributed by atoms with Crippen LogP contribution in [0.5, 0.6) is 0 Å². The molecule has 4 nitrogen and oxygen atoms in total. The highest BCUT2D eigenvalue weighted by Crippen LogP contribution is 2.27. The van der Waals surface area contributed by atoms with Crippen LogP contribution < -0.4 is 4.90 Å². The van der Waals surface area contributed by atoms with E-state index in [0.29, 0.717) is 0 Å². The zero-order chi connectivity index (χ0) is 13.4. The van der Waals surface area contributed by atoms with E-state index in [1.807, 2.05) is 30.3 Å². The Kier molecular flexibility index (Phi) is 2.87. The zero-order valence-corrected chi connectivity index (χ0v) is 11.4. The summed E-state index contributed by atoms with van der Waals surface area (Å²) in [5, 5.41) is 1.47. The van der Waals surface area contributed by atoms with Crippen molar-refractivity contribution in [1.29, 1.82) is 0 Å². The van der Waals surface area contributed by atoms with E-state index >= 15 is 0 Å². The molecule has 19 heavy (non-hydrogen) atoms. The number of halogens is 1. The van der Waals surface area contributed by atoms with Gasteiger partial charge in [-0.1, -0.05) is 0 Å². The molecule has 3 aromatic rings. The summed E-state index contributed by atoms with van der Waals surface area (Å²) in [5.74, 6) is 0.771. The molecule has 0 spiro atoms. The van der Waals surface area contributed by atoms with E-state index in [1.54, 1.807) is 6.20 Å². The molecular weight excluding hydrogens is 260 g/mol. The van der Waals surface area contributed by atoms with E-state index in [4.69, 9.17) is 11.6 Å². The molecule has 3 rings (SSSR count). The van der Waals surface area contributed by atoms with Crippen LogP contribution in [0.1, 0.15) is 5.56 Å². The number of nitrogens with one attached hydrogen (secondary N) is 1. The molecule has 0 amide bonds. The largest absolute Gasteiger partial charge is 0.361 e. The van der Waals surface area contributed by atoms with Crippen molar-refractivity contribution in [1.82, 2.24) is 15.0 Å². The van der Waals surface area contributed by atoms with E-state index in [0.717, 1.165) is 17.0 Å². The monoisotopic (exact) mass is 272 g/mol. The Morgan fingerprint density at radius 3 is 2.89 bits per heavy atom. The molecular formula is C14H13ClN4. The Labute approximate surface area is 116 Å². The first-order valence-electron chi connectivity index (χ1n) is 5.95. The van der Waals surface area contributed by atoms with Crippen molar-refractivity contribution in [2.45, 2.75) is 6.92 Å². The van der Waals surface area contributed by atoms with E-state index < -0.39 is 0 Å². The van der Waals surface area contributed by atoms with Crippen molar-refractivity contribution in [2.75, 3.05) is 11.9 Å². The zero-order valence-electron chi connectivity index (χ0n) is 10.7. The van der Waals surface area contributed by atoms with Gasteiger partial charge in [0.25, 0.3) is 0 Å². The second-order valence-electron chi connectivity index (χ2n) is 4.44. The number of aryl methyl sites for hydroxylation is 1. The molecule has 1 aromatic carbocycles. The first kappa shape index (κ1) is 12.0. The lowest BCUT2D eigenvalue weighted by atomic mass is 10.1. The predicted octanol–water partition coefficient (Wildman–Crippen LogP) is 3.69. The van der Waals surface area contributed by atoms with Crippen LogP contribution in [0, 0.1) is 6.92 Å². The summed E-state index contributed by atoms with van der Waals surface area (Å²) < 4.78 is 0. The van der Waals surface area contributed by atoms with Gasteiger partial charge in [-0.05, 0) is 48.4 Å². The van der Waals surface area contributed by atoms with E-state index in [9.17, 15) is 0 Å². The Bertz CT molecular complexity index is 735. The fraction of sp³-hybridized carbons (Fsp3) is 0.143. The second-order valence-corrected chi connectivity index (χ2v) is 4.78. The number of anilines is 2. The van der Waals surface area contributed by atoms with Gasteiger partial charge in [0, 0.05) is 36.0 Å². The molecule has 0 fully saturated rings. The molecule has 0 unspecified atom stereocenters. The van der Waals surface area contributed by atoms with Gasteiger partial charge in [-0.25, -0.2) is 9.97 Å². The maximum Gasteiger partial charge on any atom is 0.224 e. The fourth-order valence-corrected chi connectivity index (χ4v) is 2.24. The quantitative estimate of drug-likeness (QED) is 0.724. The molecule has 2 aromatic heterocycles. The van der Waals surface area contributed by atoms with Crippen LogP contribution in [-0.2, 0) is 0 Å². The van der Waals surface area contributed by atoms with Gasteiger partial charge in [0.15, 0.2) is 0 Å². The van der Waals surface area contributed by atoms with Crippen molar-refractivity contribution < 1.29 is 0 Å². The van der Waals surface area contributed by atoms with E-state index in [2.05, 4.69) is 34.0 Å². The molecule has 0 bridgehead atoms. The lowest BCUT2D eigenvalue weighted by molar-refractivity contribution is 1.08. The Balaban J connectivity index is 2.05. The Hall–Kier alpha value is -2.07. The lowest BCUT2D eigenvalue weighted by Gasteiger charge is -2.18. The average molecular weight is 273 g/mol. The Morgan fingerprint density at radius 2 is 2.11 bits per heavy atom. The van der Waals surface area contributed by atoms with Gasteiger partial charge in [-0.2, -0.15) is 0 Å². The number of fused-ring (bicyclic) bond motifs is 1. The number of hydrogen-bond donors (Lipinski definition) is 1. The summed E-state index contributed by atoms with van der Waals surface area (Å²) in [6.07, 6.45) is 3.66. The maximum absolute atomic E-state index is 5.83. The maximum atomic E-state index is 5.83. The minimum atomic E-state index is 0.253. The van der Waals surface area contributed by atoms with Crippen LogP contribution in [0.15, 0.2) is 36.7 Å². The molecule has 0 aliphatic rings. The first-order valence-corrected chi connectivity index (χ1v) is 6.33. The van der Waals surface area contributed by atoms with Gasteiger partial charge in [0.2, 0.25) is 5.28 Å². The Morgan fingerprint density at radius 1 is 1.26 bits per heavy atom. The lowest BCUT2D eigenvalue weighted by Crippen LogP contribution is -2.11. The molecule has 0 radical (unpaired) electrons. The van der Waals surface area contributed by atoms with Crippen molar-refractivity contribution in [2.24, 2.45) is 0 Å². The smallest absolute Gasteiger partial charge is 0.224 e. The topological polar surface area (TPSA) is 44.8 Å². The number of aromatic amines is 1. The number of H-pyrrole nitrogens is 1. The summed E-state index contributed by atoms with van der Waals surface area (Å²) >= 11 is 5.83. The van der Waals surface area contributed by atoms with Crippen molar-refractivity contribution in [3.05, 3.63) is 47.5 Å². The number of benzene rings is 1. The van der Waals surface area contributed by atoms with Gasteiger partial charge in [0.05, 0.1) is 0 Å². The number of rotatable bonds is 2. The van der Waals surface area contributed by atoms with Gasteiger partial charge in [-0.3, -0.25) is 0 Å². The summed E-state index contributed by atoms with van der Waals surface area (Å²) in [7, 11) is 1.96. The van der Waals surface area contributed by atoms with Gasteiger partial charge in [-0.15, -0.1) is 0 Å². The fourth-order valence-electron chi connectivity index (χ4n) is 2.10. The van der Waals surface area contributed by atoms with E-state index in [-0.39, 0.29) is 5.28 Å². The molecule has 2 heterocycles. The highest BCUT2D eigenvalue weighted by Gasteiger charge is 2.08. The standard InChI is InChI=1S/C14H13ClN4/c1-9-8-17-12-4-3-10(7-11(9)12)19(2)13-5-6-16-14(15)18-13/h3-8,17H,1-2H3. The van der Waals surface area contributed by atoms with Crippen molar-refractivity contribution in [3.63, 3.8) is 0 Å². The van der Waals surface area contributed by atoms with Crippen LogP contribution in [0.4, 0.5) is 11.5 Å². The molecule has 96 valence electrons. The van der Waals surface area contributed by atoms with Crippen molar-refractivity contribution >= 4 is 34.0 Å². The molecule has 0 saturated heterocycles. The molecule has 0 atom stereocenters. The van der Waals surface area contributed by atoms with E-state index in [1.165, 1.54) is 10.9 Å². The third kappa shape index (κ3) is 2.15. The molecule has 1 N–H and O–H groups in total. The summed E-state index contributed by atoms with van der Waals surface area (Å²) in [6.45, 7) is 2.09. The number of aromatic nitrogens is 3. The SMILES string of the molecule is Cc1c[nH]c2ccc(N(C)c3ccnc(Cl)n3)cc12. The molecule has 5 heteroatoms. The first-order chi connectivity index (χ1) is 9.15. The van der Waals surface area contributed by atoms with Crippen LogP contribution in [0.2, 0.25) is 5.28 Å². The predicted molar refractivity (Wildman–Crippen MR) is 78.1 cm³/mol. The number of nitrogens with zero attached hydrogens (tertiary/aromatic N) is 3. The number of hydrogen-bond acceptors (Lipinski definition) is 3. The third-order valence-electron chi connectivity index (χ3n) is 3.21. The van der Waals surface area contributed by atoms with Crippen LogP contribution in [0.25, 0.3) is 10.9 Å². The van der Waals surface area contributed by atoms with Crippen LogP contribution in [-0.4, -0.2) is 22.0 Å². The van der Waals surface area contributed by atoms with Crippen LogP contribution in [0.3, 0.4) is 0 Å². The average Bonchev–Trinajstić information content (AvgIpc) is 2.79. The summed E-state index contributed by atoms with van der Waals surface area (Å²) in [6, 6.07) is 8.09. The second kappa shape index (κ2) is 4.55. The minimum absolute atomic E-state index is 0.253.